The predicted octanol–water partition coefficient (Wildman–Crippen LogP) is 2.02. The highest BCUT2D eigenvalue weighted by Crippen LogP contribution is 2.16. The smallest absolute Gasteiger partial charge is 0.170 e. The fraction of sp³-hybridized carbons (Fsp3) is 0.500. The fourth-order valence-corrected chi connectivity index (χ4v) is 2.15. The van der Waals surface area contributed by atoms with Gasteiger partial charge in [-0.2, -0.15) is 0 Å². The normalized spacial score (nSPS) is 16.7. The van der Waals surface area contributed by atoms with Crippen molar-refractivity contribution < 1.29 is 9.53 Å². The van der Waals surface area contributed by atoms with Gasteiger partial charge in [0.15, 0.2) is 5.78 Å². The molecule has 1 saturated heterocycles. The zero-order valence-corrected chi connectivity index (χ0v) is 10.0. The second-order valence-corrected chi connectivity index (χ2v) is 4.54. The first-order chi connectivity index (χ1) is 8.34. The van der Waals surface area contributed by atoms with E-state index in [1.54, 1.807) is 0 Å². The third-order valence-electron chi connectivity index (χ3n) is 3.12. The molecule has 0 spiro atoms. The second-order valence-electron chi connectivity index (χ2n) is 4.54. The van der Waals surface area contributed by atoms with E-state index in [0.717, 1.165) is 31.7 Å². The van der Waals surface area contributed by atoms with Gasteiger partial charge in [-0.15, -0.1) is 0 Å². The van der Waals surface area contributed by atoms with Crippen LogP contribution in [0.15, 0.2) is 30.3 Å². The quantitative estimate of drug-likeness (QED) is 0.845. The van der Waals surface area contributed by atoms with E-state index in [2.05, 4.69) is 5.32 Å². The maximum Gasteiger partial charge on any atom is 0.170 e. The number of nitrogens with one attached hydrogen (secondary N) is 1. The van der Waals surface area contributed by atoms with Gasteiger partial charge in [0.1, 0.15) is 12.4 Å². The van der Waals surface area contributed by atoms with Crippen LogP contribution in [0.4, 0.5) is 0 Å². The summed E-state index contributed by atoms with van der Waals surface area (Å²) < 4.78 is 5.44. The summed E-state index contributed by atoms with van der Waals surface area (Å²) in [6.07, 6.45) is 2.88. The SMILES string of the molecule is O=C(COc1ccccc1)CC1CCNCC1. The number of hydrogen-bond acceptors (Lipinski definition) is 3. The first-order valence-corrected chi connectivity index (χ1v) is 6.25. The molecule has 1 aliphatic rings. The Bertz CT molecular complexity index is 344. The van der Waals surface area contributed by atoms with Gasteiger partial charge in [0.25, 0.3) is 0 Å². The Morgan fingerprint density at radius 1 is 1.24 bits per heavy atom. The molecule has 1 N–H and O–H groups in total. The van der Waals surface area contributed by atoms with Crippen LogP contribution in [-0.4, -0.2) is 25.5 Å². The lowest BCUT2D eigenvalue weighted by Crippen LogP contribution is -2.29. The number of ketones is 1. The minimum atomic E-state index is 0.202. The largest absolute Gasteiger partial charge is 0.486 e. The van der Waals surface area contributed by atoms with E-state index in [1.807, 2.05) is 30.3 Å². The molecule has 0 atom stereocenters. The minimum Gasteiger partial charge on any atom is -0.486 e. The summed E-state index contributed by atoms with van der Waals surface area (Å²) in [6, 6.07) is 9.50. The summed E-state index contributed by atoms with van der Waals surface area (Å²) in [5.74, 6) is 1.52. The summed E-state index contributed by atoms with van der Waals surface area (Å²) in [5.41, 5.74) is 0. The summed E-state index contributed by atoms with van der Waals surface area (Å²) >= 11 is 0. The summed E-state index contributed by atoms with van der Waals surface area (Å²) in [7, 11) is 0. The van der Waals surface area contributed by atoms with Crippen LogP contribution in [0.1, 0.15) is 19.3 Å². The molecule has 0 aromatic heterocycles. The van der Waals surface area contributed by atoms with E-state index in [4.69, 9.17) is 4.74 Å². The molecule has 1 aromatic carbocycles. The highest BCUT2D eigenvalue weighted by Gasteiger charge is 2.16. The minimum absolute atomic E-state index is 0.202. The van der Waals surface area contributed by atoms with E-state index >= 15 is 0 Å². The van der Waals surface area contributed by atoms with E-state index < -0.39 is 0 Å². The molecule has 2 rings (SSSR count). The monoisotopic (exact) mass is 233 g/mol. The van der Waals surface area contributed by atoms with Crippen LogP contribution < -0.4 is 10.1 Å². The van der Waals surface area contributed by atoms with Gasteiger partial charge in [0.05, 0.1) is 0 Å². The van der Waals surface area contributed by atoms with Crippen LogP contribution >= 0.6 is 0 Å². The second kappa shape index (κ2) is 6.40. The van der Waals surface area contributed by atoms with Gasteiger partial charge >= 0.3 is 0 Å². The van der Waals surface area contributed by atoms with E-state index in [9.17, 15) is 4.79 Å². The Kier molecular flexibility index (Phi) is 4.56. The summed E-state index contributed by atoms with van der Waals surface area (Å²) in [5, 5.41) is 3.30. The van der Waals surface area contributed by atoms with Crippen molar-refractivity contribution in [1.29, 1.82) is 0 Å². The van der Waals surface area contributed by atoms with Gasteiger partial charge in [0, 0.05) is 6.42 Å². The van der Waals surface area contributed by atoms with Crippen molar-refractivity contribution in [2.75, 3.05) is 19.7 Å². The van der Waals surface area contributed by atoms with Gasteiger partial charge in [-0.3, -0.25) is 4.79 Å². The lowest BCUT2D eigenvalue weighted by atomic mass is 9.93. The number of piperidine rings is 1. The number of hydrogen-bond donors (Lipinski definition) is 1. The fourth-order valence-electron chi connectivity index (χ4n) is 2.15. The molecule has 17 heavy (non-hydrogen) atoms. The molecule has 1 aromatic rings. The van der Waals surface area contributed by atoms with Crippen molar-refractivity contribution in [3.05, 3.63) is 30.3 Å². The molecule has 0 radical (unpaired) electrons. The molecule has 1 aliphatic heterocycles. The zero-order chi connectivity index (χ0) is 11.9. The molecule has 0 bridgehead atoms. The van der Waals surface area contributed by atoms with E-state index in [1.165, 1.54) is 0 Å². The number of ether oxygens (including phenoxy) is 1. The molecule has 1 heterocycles. The molecular weight excluding hydrogens is 214 g/mol. The first-order valence-electron chi connectivity index (χ1n) is 6.25. The summed E-state index contributed by atoms with van der Waals surface area (Å²) in [6.45, 7) is 2.28. The average molecular weight is 233 g/mol. The Morgan fingerprint density at radius 3 is 2.65 bits per heavy atom. The van der Waals surface area contributed by atoms with Gasteiger partial charge in [-0.05, 0) is 44.0 Å². The number of carbonyl (C=O) groups excluding carboxylic acids is 1. The molecule has 0 unspecified atom stereocenters. The highest BCUT2D eigenvalue weighted by molar-refractivity contribution is 5.80. The first kappa shape index (κ1) is 12.1. The molecule has 3 nitrogen and oxygen atoms in total. The topological polar surface area (TPSA) is 38.3 Å². The molecule has 1 fully saturated rings. The van der Waals surface area contributed by atoms with Crippen molar-refractivity contribution in [1.82, 2.24) is 5.32 Å². The summed E-state index contributed by atoms with van der Waals surface area (Å²) in [4.78, 5) is 11.7. The molecule has 0 amide bonds. The Balaban J connectivity index is 1.70. The molecule has 0 saturated carbocycles. The van der Waals surface area contributed by atoms with Crippen LogP contribution in [0.5, 0.6) is 5.75 Å². The molecule has 92 valence electrons. The Labute approximate surface area is 102 Å². The molecule has 0 aliphatic carbocycles. The van der Waals surface area contributed by atoms with Crippen LogP contribution in [0.25, 0.3) is 0 Å². The third kappa shape index (κ3) is 4.19. The highest BCUT2D eigenvalue weighted by atomic mass is 16.5. The maximum absolute atomic E-state index is 11.7. The number of Topliss-reactive ketones (excluding diaryl/α,β-unsaturated/α-hetero) is 1. The third-order valence-corrected chi connectivity index (χ3v) is 3.12. The van der Waals surface area contributed by atoms with Gasteiger partial charge in [0.2, 0.25) is 0 Å². The maximum atomic E-state index is 11.7. The average Bonchev–Trinajstić information content (AvgIpc) is 2.39. The van der Waals surface area contributed by atoms with Crippen molar-refractivity contribution in [2.45, 2.75) is 19.3 Å². The lowest BCUT2D eigenvalue weighted by molar-refractivity contribution is -0.122. The van der Waals surface area contributed by atoms with Crippen LogP contribution in [0, 0.1) is 5.92 Å². The van der Waals surface area contributed by atoms with Gasteiger partial charge in [-0.1, -0.05) is 18.2 Å². The van der Waals surface area contributed by atoms with Crippen LogP contribution in [0.3, 0.4) is 0 Å². The Hall–Kier alpha value is -1.35. The van der Waals surface area contributed by atoms with Gasteiger partial charge in [-0.25, -0.2) is 0 Å². The van der Waals surface area contributed by atoms with Crippen molar-refractivity contribution >= 4 is 5.78 Å². The number of para-hydroxylation sites is 1. The van der Waals surface area contributed by atoms with Gasteiger partial charge < -0.3 is 10.1 Å². The zero-order valence-electron chi connectivity index (χ0n) is 10.0. The van der Waals surface area contributed by atoms with Crippen molar-refractivity contribution in [2.24, 2.45) is 5.92 Å². The number of benzene rings is 1. The van der Waals surface area contributed by atoms with Crippen molar-refractivity contribution in [3.63, 3.8) is 0 Å². The molecule has 3 heteroatoms. The standard InChI is InChI=1S/C14H19NO2/c16-13(10-12-6-8-15-9-7-12)11-17-14-4-2-1-3-5-14/h1-5,12,15H,6-11H2. The lowest BCUT2D eigenvalue weighted by Gasteiger charge is -2.21. The van der Waals surface area contributed by atoms with Crippen LogP contribution in [0.2, 0.25) is 0 Å². The van der Waals surface area contributed by atoms with E-state index in [0.29, 0.717) is 12.3 Å². The Morgan fingerprint density at radius 2 is 1.94 bits per heavy atom. The number of rotatable bonds is 5. The number of carbonyl (C=O) groups is 1. The molecular formula is C14H19NO2. The van der Waals surface area contributed by atoms with Crippen LogP contribution in [-0.2, 0) is 4.79 Å². The van der Waals surface area contributed by atoms with E-state index in [-0.39, 0.29) is 12.4 Å². The van der Waals surface area contributed by atoms with Crippen molar-refractivity contribution in [3.8, 4) is 5.75 Å². The predicted molar refractivity (Wildman–Crippen MR) is 67.2 cm³/mol.